The Balaban J connectivity index is 1.59. The van der Waals surface area contributed by atoms with E-state index < -0.39 is 10.1 Å². The highest BCUT2D eigenvalue weighted by atomic mass is 32.2. The summed E-state index contributed by atoms with van der Waals surface area (Å²) in [6.07, 6.45) is 5.39. The molecule has 0 aromatic heterocycles. The van der Waals surface area contributed by atoms with Gasteiger partial charge in [0, 0.05) is 0 Å². The molecule has 0 saturated heterocycles. The van der Waals surface area contributed by atoms with Gasteiger partial charge in [0.1, 0.15) is 0 Å². The van der Waals surface area contributed by atoms with Crippen molar-refractivity contribution < 1.29 is 12.6 Å². The van der Waals surface area contributed by atoms with Gasteiger partial charge in [-0.25, -0.2) is 0 Å². The van der Waals surface area contributed by atoms with E-state index in [4.69, 9.17) is 4.18 Å². The van der Waals surface area contributed by atoms with Crippen LogP contribution in [0.2, 0.25) is 0 Å². The van der Waals surface area contributed by atoms with Crippen LogP contribution < -0.4 is 0 Å². The van der Waals surface area contributed by atoms with Gasteiger partial charge in [0.25, 0.3) is 10.1 Å². The van der Waals surface area contributed by atoms with E-state index in [0.717, 1.165) is 17.9 Å². The van der Waals surface area contributed by atoms with Crippen LogP contribution in [0.5, 0.6) is 0 Å². The van der Waals surface area contributed by atoms with E-state index in [2.05, 4.69) is 19.9 Å². The number of fused-ring (bicyclic) bond motifs is 1. The molecule has 4 rings (SSSR count). The van der Waals surface area contributed by atoms with Gasteiger partial charge in [-0.1, -0.05) is 43.2 Å². The maximum atomic E-state index is 12.2. The summed E-state index contributed by atoms with van der Waals surface area (Å²) >= 11 is 0. The molecule has 1 saturated carbocycles. The smallest absolute Gasteiger partial charge is 0.266 e. The second-order valence-corrected chi connectivity index (χ2v) is 8.78. The Morgan fingerprint density at radius 3 is 2.50 bits per heavy atom. The molecular weight excluding hydrogens is 296 g/mol. The Morgan fingerprint density at radius 2 is 1.91 bits per heavy atom. The molecule has 1 fully saturated rings. The molecule has 0 aliphatic heterocycles. The summed E-state index contributed by atoms with van der Waals surface area (Å²) in [5.41, 5.74) is 2.79. The van der Waals surface area contributed by atoms with Crippen molar-refractivity contribution in [1.29, 1.82) is 0 Å². The van der Waals surface area contributed by atoms with Crippen molar-refractivity contribution in [1.82, 2.24) is 0 Å². The first-order valence-electron chi connectivity index (χ1n) is 7.96. The molecule has 120 valence electrons. The first-order chi connectivity index (χ1) is 10.3. The molecule has 1 aromatic carbocycles. The quantitative estimate of drug-likeness (QED) is 0.606. The molecular formula is C18H24O3S. The van der Waals surface area contributed by atoms with Crippen LogP contribution in [0.4, 0.5) is 0 Å². The fraction of sp³-hybridized carbons (Fsp3) is 0.556. The molecule has 0 N–H and O–H groups in total. The van der Waals surface area contributed by atoms with Crippen molar-refractivity contribution in [2.75, 3.05) is 6.61 Å². The predicted molar refractivity (Wildman–Crippen MR) is 87.0 cm³/mol. The number of hydrogen-bond acceptors (Lipinski definition) is 3. The van der Waals surface area contributed by atoms with Crippen LogP contribution >= 0.6 is 0 Å². The lowest BCUT2D eigenvalue weighted by molar-refractivity contribution is -0.00910. The summed E-state index contributed by atoms with van der Waals surface area (Å²) in [4.78, 5) is 0.236. The van der Waals surface area contributed by atoms with Crippen LogP contribution in [-0.2, 0) is 14.3 Å². The number of benzene rings is 1. The van der Waals surface area contributed by atoms with Gasteiger partial charge >= 0.3 is 0 Å². The molecule has 1 aromatic rings. The maximum Gasteiger partial charge on any atom is 0.296 e. The highest BCUT2D eigenvalue weighted by molar-refractivity contribution is 7.86. The topological polar surface area (TPSA) is 43.4 Å². The van der Waals surface area contributed by atoms with E-state index >= 15 is 0 Å². The van der Waals surface area contributed by atoms with Crippen LogP contribution in [0.3, 0.4) is 0 Å². The first-order valence-corrected chi connectivity index (χ1v) is 9.36. The van der Waals surface area contributed by atoms with E-state index in [0.29, 0.717) is 17.8 Å². The molecule has 0 radical (unpaired) electrons. The molecule has 2 unspecified atom stereocenters. The van der Waals surface area contributed by atoms with Crippen LogP contribution in [0.1, 0.15) is 38.7 Å². The van der Waals surface area contributed by atoms with Gasteiger partial charge in [-0.05, 0) is 55.6 Å². The molecule has 0 heterocycles. The lowest BCUT2D eigenvalue weighted by Gasteiger charge is -2.56. The zero-order valence-corrected chi connectivity index (χ0v) is 14.3. The lowest BCUT2D eigenvalue weighted by Crippen LogP contribution is -2.48. The molecule has 4 heteroatoms. The lowest BCUT2D eigenvalue weighted by atomic mass is 9.48. The Labute approximate surface area is 133 Å². The average molecular weight is 320 g/mol. The standard InChI is InChI=1S/C18H24O3S/c1-13-4-8-16(9-5-13)22(19,20)21-11-10-14-6-7-15-12-17(14)18(15,2)3/h4-6,8-9,15,17H,7,10-12H2,1-3H3. The molecule has 2 atom stereocenters. The van der Waals surface area contributed by atoms with Crippen molar-refractivity contribution >= 4 is 10.1 Å². The molecule has 22 heavy (non-hydrogen) atoms. The Kier molecular flexibility index (Phi) is 3.94. The number of aryl methyl sites for hydroxylation is 1. The largest absolute Gasteiger partial charge is 0.296 e. The number of allylic oxidation sites excluding steroid dienone is 1. The van der Waals surface area contributed by atoms with Crippen LogP contribution in [-0.4, -0.2) is 15.0 Å². The minimum absolute atomic E-state index is 0.235. The third-order valence-electron chi connectivity index (χ3n) is 5.52. The monoisotopic (exact) mass is 320 g/mol. The van der Waals surface area contributed by atoms with E-state index in [1.165, 1.54) is 12.0 Å². The third kappa shape index (κ3) is 2.74. The molecule has 0 amide bonds. The molecule has 0 spiro atoms. The second-order valence-electron chi connectivity index (χ2n) is 7.16. The SMILES string of the molecule is Cc1ccc(S(=O)(=O)OCCC2=CCC3CC2C3(C)C)cc1. The predicted octanol–water partition coefficient (Wildman–Crippen LogP) is 4.08. The van der Waals surface area contributed by atoms with E-state index in [1.54, 1.807) is 24.3 Å². The van der Waals surface area contributed by atoms with Gasteiger partial charge in [0.2, 0.25) is 0 Å². The van der Waals surface area contributed by atoms with Gasteiger partial charge in [-0.3, -0.25) is 4.18 Å². The van der Waals surface area contributed by atoms with Gasteiger partial charge < -0.3 is 0 Å². The van der Waals surface area contributed by atoms with Crippen molar-refractivity contribution in [3.63, 3.8) is 0 Å². The second kappa shape index (κ2) is 5.50. The van der Waals surface area contributed by atoms with Crippen LogP contribution in [0.25, 0.3) is 0 Å². The highest BCUT2D eigenvalue weighted by Gasteiger charge is 2.50. The third-order valence-corrected chi connectivity index (χ3v) is 6.85. The molecule has 3 aliphatic carbocycles. The van der Waals surface area contributed by atoms with Gasteiger partial charge in [-0.15, -0.1) is 0 Å². The minimum Gasteiger partial charge on any atom is -0.266 e. The van der Waals surface area contributed by atoms with Gasteiger partial charge in [-0.2, -0.15) is 8.42 Å². The van der Waals surface area contributed by atoms with E-state index in [1.807, 2.05) is 6.92 Å². The average Bonchev–Trinajstić information content (AvgIpc) is 2.47. The summed E-state index contributed by atoms with van der Waals surface area (Å²) < 4.78 is 29.5. The zero-order valence-electron chi connectivity index (χ0n) is 13.5. The van der Waals surface area contributed by atoms with E-state index in [-0.39, 0.29) is 11.5 Å². The van der Waals surface area contributed by atoms with Crippen molar-refractivity contribution in [2.24, 2.45) is 17.3 Å². The van der Waals surface area contributed by atoms with Crippen LogP contribution in [0.15, 0.2) is 40.8 Å². The summed E-state index contributed by atoms with van der Waals surface area (Å²) in [5, 5.41) is 0. The van der Waals surface area contributed by atoms with Crippen molar-refractivity contribution in [3.8, 4) is 0 Å². The van der Waals surface area contributed by atoms with Gasteiger partial charge in [0.05, 0.1) is 11.5 Å². The minimum atomic E-state index is -3.64. The van der Waals surface area contributed by atoms with Gasteiger partial charge in [0.15, 0.2) is 0 Å². The summed E-state index contributed by atoms with van der Waals surface area (Å²) in [6, 6.07) is 6.78. The maximum absolute atomic E-state index is 12.2. The summed E-state index contributed by atoms with van der Waals surface area (Å²) in [5.74, 6) is 1.41. The molecule has 3 nitrogen and oxygen atoms in total. The number of hydrogen-bond donors (Lipinski definition) is 0. The van der Waals surface area contributed by atoms with Crippen molar-refractivity contribution in [3.05, 3.63) is 41.5 Å². The fourth-order valence-corrected chi connectivity index (χ4v) is 4.71. The summed E-state index contributed by atoms with van der Waals surface area (Å²) in [6.45, 7) is 6.81. The van der Waals surface area contributed by atoms with E-state index in [9.17, 15) is 8.42 Å². The highest BCUT2D eigenvalue weighted by Crippen LogP contribution is 2.59. The Bertz CT molecular complexity index is 684. The fourth-order valence-electron chi connectivity index (χ4n) is 3.80. The normalized spacial score (nSPS) is 26.2. The van der Waals surface area contributed by atoms with Crippen LogP contribution in [0, 0.1) is 24.2 Å². The molecule has 2 bridgehead atoms. The Morgan fingerprint density at radius 1 is 1.23 bits per heavy atom. The summed E-state index contributed by atoms with van der Waals surface area (Å²) in [7, 11) is -3.64. The Hall–Kier alpha value is -1.13. The first kappa shape index (κ1) is 15.8. The number of rotatable bonds is 5. The zero-order chi connectivity index (χ0) is 16.0. The molecule has 3 aliphatic rings. The van der Waals surface area contributed by atoms with Crippen molar-refractivity contribution in [2.45, 2.75) is 44.9 Å².